The third kappa shape index (κ3) is 4.99. The minimum Gasteiger partial charge on any atom is -0.352 e. The lowest BCUT2D eigenvalue weighted by Crippen LogP contribution is -2.43. The molecule has 1 amide bonds. The molecule has 0 fully saturated rings. The van der Waals surface area contributed by atoms with Gasteiger partial charge in [0.2, 0.25) is 5.91 Å². The van der Waals surface area contributed by atoms with Gasteiger partial charge in [-0.2, -0.15) is 17.0 Å². The minimum atomic E-state index is -0.841. The molecule has 1 N–H and O–H groups in total. The van der Waals surface area contributed by atoms with E-state index in [1.54, 1.807) is 0 Å². The predicted molar refractivity (Wildman–Crippen MR) is 73.8 cm³/mol. The summed E-state index contributed by atoms with van der Waals surface area (Å²) in [6, 6.07) is 2.32. The molecule has 0 bridgehead atoms. The first-order valence-corrected chi connectivity index (χ1v) is 7.51. The van der Waals surface area contributed by atoms with Crippen molar-refractivity contribution in [2.75, 3.05) is 11.5 Å². The average molecular weight is 256 g/mol. The summed E-state index contributed by atoms with van der Waals surface area (Å²) in [6.45, 7) is 7.91. The number of hydrogen-bond donors (Lipinski definition) is 1. The van der Waals surface area contributed by atoms with Crippen LogP contribution >= 0.6 is 11.8 Å². The van der Waals surface area contributed by atoms with Crippen LogP contribution < -0.4 is 5.32 Å². The van der Waals surface area contributed by atoms with Crippen LogP contribution in [0.4, 0.5) is 0 Å². The van der Waals surface area contributed by atoms with Gasteiger partial charge in [0, 0.05) is 6.04 Å². The largest absolute Gasteiger partial charge is 0.352 e. The minimum absolute atomic E-state index is 0.112. The van der Waals surface area contributed by atoms with Gasteiger partial charge in [-0.05, 0) is 37.7 Å². The van der Waals surface area contributed by atoms with Crippen LogP contribution in [0.2, 0.25) is 0 Å². The highest BCUT2D eigenvalue weighted by Gasteiger charge is 2.35. The Labute approximate surface area is 109 Å². The number of carbonyl (C=O) groups excluding carboxylic acids is 1. The molecule has 0 saturated carbocycles. The zero-order chi connectivity index (χ0) is 13.3. The van der Waals surface area contributed by atoms with Gasteiger partial charge < -0.3 is 5.32 Å². The van der Waals surface area contributed by atoms with Crippen LogP contribution in [-0.2, 0) is 4.79 Å². The van der Waals surface area contributed by atoms with Crippen LogP contribution in [0.15, 0.2) is 0 Å². The molecule has 3 nitrogen and oxygen atoms in total. The number of nitriles is 1. The van der Waals surface area contributed by atoms with E-state index in [1.165, 1.54) is 0 Å². The first-order valence-electron chi connectivity index (χ1n) is 6.36. The first-order chi connectivity index (χ1) is 8.06. The van der Waals surface area contributed by atoms with Crippen molar-refractivity contribution in [3.05, 3.63) is 0 Å². The van der Waals surface area contributed by atoms with E-state index in [2.05, 4.69) is 18.3 Å². The SMILES string of the molecule is CCSCCC(C)NC(=O)C(C#N)(CC)CC. The highest BCUT2D eigenvalue weighted by atomic mass is 32.2. The quantitative estimate of drug-likeness (QED) is 0.679. The van der Waals surface area contributed by atoms with Crippen LogP contribution in [0.3, 0.4) is 0 Å². The van der Waals surface area contributed by atoms with Gasteiger partial charge in [-0.15, -0.1) is 0 Å². The second kappa shape index (κ2) is 8.41. The van der Waals surface area contributed by atoms with Crippen molar-refractivity contribution in [1.82, 2.24) is 5.32 Å². The monoisotopic (exact) mass is 256 g/mol. The predicted octanol–water partition coefficient (Wildman–Crippen LogP) is 2.96. The van der Waals surface area contributed by atoms with E-state index in [0.717, 1.165) is 17.9 Å². The van der Waals surface area contributed by atoms with Gasteiger partial charge in [0.1, 0.15) is 5.41 Å². The van der Waals surface area contributed by atoms with Gasteiger partial charge in [0.15, 0.2) is 0 Å². The van der Waals surface area contributed by atoms with Crippen LogP contribution in [-0.4, -0.2) is 23.5 Å². The summed E-state index contributed by atoms with van der Waals surface area (Å²) in [5.41, 5.74) is -0.841. The molecule has 0 spiro atoms. The third-order valence-electron chi connectivity index (χ3n) is 3.13. The van der Waals surface area contributed by atoms with Crippen LogP contribution in [0.1, 0.15) is 47.0 Å². The Hall–Kier alpha value is -0.690. The fourth-order valence-corrected chi connectivity index (χ4v) is 2.43. The van der Waals surface area contributed by atoms with Gasteiger partial charge in [-0.3, -0.25) is 4.79 Å². The van der Waals surface area contributed by atoms with Gasteiger partial charge >= 0.3 is 0 Å². The molecule has 0 aliphatic carbocycles. The maximum absolute atomic E-state index is 12.1. The molecule has 0 saturated heterocycles. The van der Waals surface area contributed by atoms with Gasteiger partial charge in [0.05, 0.1) is 6.07 Å². The van der Waals surface area contributed by atoms with Crippen molar-refractivity contribution in [2.45, 2.75) is 53.0 Å². The fourth-order valence-electron chi connectivity index (χ4n) is 1.62. The van der Waals surface area contributed by atoms with E-state index in [0.29, 0.717) is 12.8 Å². The number of nitrogens with zero attached hydrogens (tertiary/aromatic N) is 1. The Bertz CT molecular complexity index is 269. The standard InChI is InChI=1S/C13H24N2OS/c1-5-13(6-2,10-14)12(16)15-11(4)8-9-17-7-3/h11H,5-9H2,1-4H3,(H,15,16). The maximum atomic E-state index is 12.1. The second-order valence-electron chi connectivity index (χ2n) is 4.26. The Balaban J connectivity index is 4.28. The Morgan fingerprint density at radius 3 is 2.41 bits per heavy atom. The molecular formula is C13H24N2OS. The topological polar surface area (TPSA) is 52.9 Å². The normalized spacial score (nSPS) is 12.9. The van der Waals surface area contributed by atoms with E-state index < -0.39 is 5.41 Å². The summed E-state index contributed by atoms with van der Waals surface area (Å²) in [4.78, 5) is 12.1. The lowest BCUT2D eigenvalue weighted by atomic mass is 9.83. The van der Waals surface area contributed by atoms with Gasteiger partial charge in [-0.25, -0.2) is 0 Å². The van der Waals surface area contributed by atoms with Crippen LogP contribution in [0.5, 0.6) is 0 Å². The molecule has 4 heteroatoms. The summed E-state index contributed by atoms with van der Waals surface area (Å²) >= 11 is 1.87. The van der Waals surface area contributed by atoms with E-state index in [-0.39, 0.29) is 11.9 Å². The summed E-state index contributed by atoms with van der Waals surface area (Å²) < 4.78 is 0. The zero-order valence-electron chi connectivity index (χ0n) is 11.4. The zero-order valence-corrected chi connectivity index (χ0v) is 12.2. The van der Waals surface area contributed by atoms with Crippen molar-refractivity contribution in [3.8, 4) is 6.07 Å². The molecule has 0 aliphatic rings. The molecule has 0 radical (unpaired) electrons. The number of hydrogen-bond acceptors (Lipinski definition) is 3. The molecular weight excluding hydrogens is 232 g/mol. The van der Waals surface area contributed by atoms with Crippen LogP contribution in [0, 0.1) is 16.7 Å². The van der Waals surface area contributed by atoms with E-state index in [4.69, 9.17) is 5.26 Å². The fraction of sp³-hybridized carbons (Fsp3) is 0.846. The molecule has 0 aliphatic heterocycles. The van der Waals surface area contributed by atoms with Crippen molar-refractivity contribution < 1.29 is 4.79 Å². The van der Waals surface area contributed by atoms with Gasteiger partial charge in [0.25, 0.3) is 0 Å². The molecule has 0 heterocycles. The summed E-state index contributed by atoms with van der Waals surface area (Å²) in [5.74, 6) is 2.04. The number of rotatable bonds is 8. The number of nitrogens with one attached hydrogen (secondary N) is 1. The van der Waals surface area contributed by atoms with E-state index in [9.17, 15) is 4.79 Å². The summed E-state index contributed by atoms with van der Waals surface area (Å²) in [6.07, 6.45) is 2.10. The second-order valence-corrected chi connectivity index (χ2v) is 5.65. The summed E-state index contributed by atoms with van der Waals surface area (Å²) in [7, 11) is 0. The van der Waals surface area contributed by atoms with Crippen molar-refractivity contribution >= 4 is 17.7 Å². The summed E-state index contributed by atoms with van der Waals surface area (Å²) in [5, 5.41) is 12.1. The molecule has 0 aromatic rings. The smallest absolute Gasteiger partial charge is 0.240 e. The molecule has 98 valence electrons. The Kier molecular flexibility index (Phi) is 8.07. The third-order valence-corrected chi connectivity index (χ3v) is 4.07. The highest BCUT2D eigenvalue weighted by Crippen LogP contribution is 2.25. The van der Waals surface area contributed by atoms with Gasteiger partial charge in [-0.1, -0.05) is 20.8 Å². The van der Waals surface area contributed by atoms with Crippen molar-refractivity contribution in [1.29, 1.82) is 5.26 Å². The number of thioether (sulfide) groups is 1. The Morgan fingerprint density at radius 1 is 1.41 bits per heavy atom. The lowest BCUT2D eigenvalue weighted by molar-refractivity contribution is -0.129. The molecule has 1 atom stereocenters. The number of carbonyl (C=O) groups is 1. The molecule has 0 rings (SSSR count). The molecule has 0 aromatic heterocycles. The van der Waals surface area contributed by atoms with E-state index in [1.807, 2.05) is 32.5 Å². The number of amides is 1. The molecule has 17 heavy (non-hydrogen) atoms. The van der Waals surface area contributed by atoms with Crippen molar-refractivity contribution in [3.63, 3.8) is 0 Å². The average Bonchev–Trinajstić information content (AvgIpc) is 2.32. The highest BCUT2D eigenvalue weighted by molar-refractivity contribution is 7.99. The molecule has 0 aromatic carbocycles. The van der Waals surface area contributed by atoms with Crippen molar-refractivity contribution in [2.24, 2.45) is 5.41 Å². The van der Waals surface area contributed by atoms with E-state index >= 15 is 0 Å². The lowest BCUT2D eigenvalue weighted by Gasteiger charge is -2.24. The van der Waals surface area contributed by atoms with Crippen LogP contribution in [0.25, 0.3) is 0 Å². The molecule has 1 unspecified atom stereocenters. The Morgan fingerprint density at radius 2 is 2.00 bits per heavy atom. The first kappa shape index (κ1) is 16.3. The maximum Gasteiger partial charge on any atom is 0.240 e.